The van der Waals surface area contributed by atoms with Crippen molar-refractivity contribution in [3.8, 4) is 11.8 Å². The lowest BCUT2D eigenvalue weighted by atomic mass is 10.1. The van der Waals surface area contributed by atoms with Crippen molar-refractivity contribution in [1.82, 2.24) is 0 Å². The summed E-state index contributed by atoms with van der Waals surface area (Å²) in [5.41, 5.74) is 0.132. The fourth-order valence-electron chi connectivity index (χ4n) is 1.98. The highest BCUT2D eigenvalue weighted by atomic mass is 19.1. The van der Waals surface area contributed by atoms with Gasteiger partial charge in [-0.05, 0) is 24.3 Å². The maximum atomic E-state index is 13.6. The molecule has 1 amide bonds. The van der Waals surface area contributed by atoms with E-state index < -0.39 is 17.7 Å². The van der Waals surface area contributed by atoms with Crippen molar-refractivity contribution >= 4 is 23.6 Å². The number of benzene rings is 2. The Balaban J connectivity index is 2.23. The monoisotopic (exact) mass is 354 g/mol. The summed E-state index contributed by atoms with van der Waals surface area (Å²) < 4.78 is 23.5. The summed E-state index contributed by atoms with van der Waals surface area (Å²) in [7, 11) is 1.23. The molecule has 2 aromatic carbocycles. The largest absolute Gasteiger partial charge is 0.481 e. The zero-order valence-corrected chi connectivity index (χ0v) is 13.9. The number of amides is 1. The molecule has 0 aliphatic carbocycles. The van der Waals surface area contributed by atoms with Crippen LogP contribution >= 0.6 is 0 Å². The number of ether oxygens (including phenoxy) is 2. The van der Waals surface area contributed by atoms with Crippen LogP contribution in [-0.2, 0) is 14.3 Å². The van der Waals surface area contributed by atoms with Crippen LogP contribution in [0.5, 0.6) is 5.75 Å². The minimum absolute atomic E-state index is 0.0334. The Bertz CT molecular complexity index is 887. The van der Waals surface area contributed by atoms with Gasteiger partial charge in [0.2, 0.25) is 0 Å². The molecule has 2 aromatic rings. The van der Waals surface area contributed by atoms with Crippen molar-refractivity contribution in [1.29, 1.82) is 5.26 Å². The smallest absolute Gasteiger partial charge is 0.343 e. The maximum Gasteiger partial charge on any atom is 0.343 e. The van der Waals surface area contributed by atoms with Gasteiger partial charge in [0.1, 0.15) is 23.2 Å². The molecule has 26 heavy (non-hydrogen) atoms. The molecule has 0 heterocycles. The normalized spacial score (nSPS) is 10.6. The van der Waals surface area contributed by atoms with Crippen molar-refractivity contribution in [3.63, 3.8) is 0 Å². The van der Waals surface area contributed by atoms with Crippen LogP contribution in [0.2, 0.25) is 0 Å². The average molecular weight is 354 g/mol. The number of rotatable bonds is 6. The fraction of sp³-hybridized carbons (Fsp3) is 0.105. The summed E-state index contributed by atoms with van der Waals surface area (Å²) in [4.78, 5) is 23.4. The summed E-state index contributed by atoms with van der Waals surface area (Å²) in [6.07, 6.45) is 1.29. The molecule has 0 aliphatic rings. The topological polar surface area (TPSA) is 88.4 Å². The van der Waals surface area contributed by atoms with Crippen LogP contribution in [-0.4, -0.2) is 25.6 Å². The molecule has 1 N–H and O–H groups in total. The molecule has 0 bridgehead atoms. The third kappa shape index (κ3) is 4.92. The first-order chi connectivity index (χ1) is 12.5. The number of methoxy groups -OCH3 is 1. The molecular weight excluding hydrogens is 339 g/mol. The highest BCUT2D eigenvalue weighted by Crippen LogP contribution is 2.22. The van der Waals surface area contributed by atoms with E-state index >= 15 is 0 Å². The summed E-state index contributed by atoms with van der Waals surface area (Å²) >= 11 is 0. The second-order valence-electron chi connectivity index (χ2n) is 5.01. The Morgan fingerprint density at radius 2 is 1.88 bits per heavy atom. The van der Waals surface area contributed by atoms with Crippen LogP contribution in [0.3, 0.4) is 0 Å². The number of hydrogen-bond acceptors (Lipinski definition) is 5. The van der Waals surface area contributed by atoms with Gasteiger partial charge in [0.15, 0.2) is 6.61 Å². The number of anilines is 1. The molecule has 2 rings (SSSR count). The number of hydrogen-bond donors (Lipinski definition) is 1. The van der Waals surface area contributed by atoms with Crippen LogP contribution in [0.25, 0.3) is 6.08 Å². The SMILES string of the molecule is COC(=O)COc1ccccc1/C=C(/C#N)C(=O)Nc1ccccc1F. The van der Waals surface area contributed by atoms with Gasteiger partial charge in [-0.3, -0.25) is 4.79 Å². The molecule has 0 saturated heterocycles. The van der Waals surface area contributed by atoms with E-state index in [-0.39, 0.29) is 17.9 Å². The van der Waals surface area contributed by atoms with E-state index in [1.54, 1.807) is 36.4 Å². The highest BCUT2D eigenvalue weighted by molar-refractivity contribution is 6.09. The average Bonchev–Trinajstić information content (AvgIpc) is 2.66. The fourth-order valence-corrected chi connectivity index (χ4v) is 1.98. The predicted molar refractivity (Wildman–Crippen MR) is 92.6 cm³/mol. The second kappa shape index (κ2) is 8.99. The minimum atomic E-state index is -0.764. The highest BCUT2D eigenvalue weighted by Gasteiger charge is 2.13. The van der Waals surface area contributed by atoms with Crippen molar-refractivity contribution in [2.45, 2.75) is 0 Å². The van der Waals surface area contributed by atoms with E-state index in [1.165, 1.54) is 31.4 Å². The van der Waals surface area contributed by atoms with Crippen molar-refractivity contribution in [2.75, 3.05) is 19.0 Å². The predicted octanol–water partition coefficient (Wildman–Crippen LogP) is 2.92. The van der Waals surface area contributed by atoms with Gasteiger partial charge in [-0.15, -0.1) is 0 Å². The molecule has 6 nitrogen and oxygen atoms in total. The summed E-state index contributed by atoms with van der Waals surface area (Å²) in [6.45, 7) is -0.315. The zero-order chi connectivity index (χ0) is 18.9. The first kappa shape index (κ1) is 18.7. The molecule has 0 aliphatic heterocycles. The number of carbonyl (C=O) groups is 2. The van der Waals surface area contributed by atoms with E-state index in [0.717, 1.165) is 0 Å². The molecule has 0 fully saturated rings. The summed E-state index contributed by atoms with van der Waals surface area (Å²) in [5, 5.41) is 11.6. The van der Waals surface area contributed by atoms with Crippen LogP contribution in [0.1, 0.15) is 5.56 Å². The minimum Gasteiger partial charge on any atom is -0.481 e. The molecule has 0 atom stereocenters. The summed E-state index contributed by atoms with van der Waals surface area (Å²) in [6, 6.07) is 14.0. The number of esters is 1. The molecule has 0 unspecified atom stereocenters. The molecule has 0 saturated carbocycles. The lowest BCUT2D eigenvalue weighted by Crippen LogP contribution is -2.15. The van der Waals surface area contributed by atoms with Gasteiger partial charge in [0, 0.05) is 5.56 Å². The van der Waals surface area contributed by atoms with Crippen molar-refractivity contribution < 1.29 is 23.5 Å². The van der Waals surface area contributed by atoms with Gasteiger partial charge in [-0.1, -0.05) is 30.3 Å². The van der Waals surface area contributed by atoms with E-state index in [4.69, 9.17) is 4.74 Å². The lowest BCUT2D eigenvalue weighted by molar-refractivity contribution is -0.142. The number of nitrogens with zero attached hydrogens (tertiary/aromatic N) is 1. The number of nitrogens with one attached hydrogen (secondary N) is 1. The van der Waals surface area contributed by atoms with E-state index in [9.17, 15) is 19.2 Å². The molecule has 7 heteroatoms. The van der Waals surface area contributed by atoms with Crippen LogP contribution in [0.15, 0.2) is 54.1 Å². The van der Waals surface area contributed by atoms with E-state index in [0.29, 0.717) is 11.3 Å². The molecule has 132 valence electrons. The third-order valence-corrected chi connectivity index (χ3v) is 3.28. The Labute approximate surface area is 149 Å². The molecule has 0 spiro atoms. The molecule has 0 radical (unpaired) electrons. The molecular formula is C19H15FN2O4. The quantitative estimate of drug-likeness (QED) is 0.489. The zero-order valence-electron chi connectivity index (χ0n) is 13.9. The van der Waals surface area contributed by atoms with Gasteiger partial charge in [-0.25, -0.2) is 9.18 Å². The van der Waals surface area contributed by atoms with Crippen molar-refractivity contribution in [3.05, 3.63) is 65.5 Å². The van der Waals surface area contributed by atoms with Gasteiger partial charge in [0.25, 0.3) is 5.91 Å². The Kier molecular flexibility index (Phi) is 6.46. The Hall–Kier alpha value is -3.66. The van der Waals surface area contributed by atoms with Crippen LogP contribution in [0, 0.1) is 17.1 Å². The lowest BCUT2D eigenvalue weighted by Gasteiger charge is -2.09. The molecule has 0 aromatic heterocycles. The number of halogens is 1. The number of para-hydroxylation sites is 2. The van der Waals surface area contributed by atoms with E-state index in [2.05, 4.69) is 10.1 Å². The summed E-state index contributed by atoms with van der Waals surface area (Å²) in [5.74, 6) is -1.65. The maximum absolute atomic E-state index is 13.6. The van der Waals surface area contributed by atoms with Crippen molar-refractivity contribution in [2.24, 2.45) is 0 Å². The number of nitriles is 1. The second-order valence-corrected chi connectivity index (χ2v) is 5.01. The Morgan fingerprint density at radius 3 is 2.58 bits per heavy atom. The number of carbonyl (C=O) groups excluding carboxylic acids is 2. The third-order valence-electron chi connectivity index (χ3n) is 3.28. The van der Waals surface area contributed by atoms with Crippen LogP contribution in [0.4, 0.5) is 10.1 Å². The van der Waals surface area contributed by atoms with Gasteiger partial charge in [0.05, 0.1) is 12.8 Å². The van der Waals surface area contributed by atoms with Gasteiger partial charge in [-0.2, -0.15) is 5.26 Å². The Morgan fingerprint density at radius 1 is 1.19 bits per heavy atom. The van der Waals surface area contributed by atoms with E-state index in [1.807, 2.05) is 0 Å². The first-order valence-electron chi connectivity index (χ1n) is 7.51. The van der Waals surface area contributed by atoms with Gasteiger partial charge < -0.3 is 14.8 Å². The first-order valence-corrected chi connectivity index (χ1v) is 7.51. The van der Waals surface area contributed by atoms with Crippen LogP contribution < -0.4 is 10.1 Å². The van der Waals surface area contributed by atoms with Gasteiger partial charge >= 0.3 is 5.97 Å². The standard InChI is InChI=1S/C19H15FN2O4/c1-25-18(23)12-26-17-9-5-2-6-13(17)10-14(11-21)19(24)22-16-8-4-3-7-15(16)20/h2-10H,12H2,1H3,(H,22,24)/b14-10-.